The molecule has 1 unspecified atom stereocenters. The molecule has 1 aromatic carbocycles. The number of benzene rings is 1. The van der Waals surface area contributed by atoms with Crippen molar-refractivity contribution in [1.82, 2.24) is 5.32 Å². The molecule has 1 fully saturated rings. The topological polar surface area (TPSA) is 21.3 Å². The Morgan fingerprint density at radius 1 is 1.47 bits per heavy atom. The van der Waals surface area contributed by atoms with E-state index in [1.807, 2.05) is 24.8 Å². The van der Waals surface area contributed by atoms with Crippen LogP contribution in [0.15, 0.2) is 24.3 Å². The average molecular weight is 223 g/mol. The molecule has 1 aromatic rings. The smallest absolute Gasteiger partial charge is 0.123 e. The average Bonchev–Trinajstić information content (AvgIpc) is 2.31. The van der Waals surface area contributed by atoms with Gasteiger partial charge in [0.25, 0.3) is 0 Å². The summed E-state index contributed by atoms with van der Waals surface area (Å²) in [6.45, 7) is 4.94. The molecule has 1 aliphatic rings. The predicted octanol–water partition coefficient (Wildman–Crippen LogP) is 2.46. The first-order valence-electron chi connectivity index (χ1n) is 5.46. The number of ether oxygens (including phenoxy) is 1. The van der Waals surface area contributed by atoms with Crippen molar-refractivity contribution in [2.75, 3.05) is 25.4 Å². The van der Waals surface area contributed by atoms with Crippen molar-refractivity contribution in [1.29, 1.82) is 0 Å². The molecular weight excluding hydrogens is 206 g/mol. The van der Waals surface area contributed by atoms with E-state index in [2.05, 4.69) is 23.5 Å². The summed E-state index contributed by atoms with van der Waals surface area (Å²) in [6, 6.07) is 8.37. The van der Waals surface area contributed by atoms with Gasteiger partial charge in [-0.3, -0.25) is 0 Å². The van der Waals surface area contributed by atoms with Crippen LogP contribution >= 0.6 is 11.8 Å². The van der Waals surface area contributed by atoms with Gasteiger partial charge in [-0.1, -0.05) is 18.2 Å². The standard InChI is InChI=1S/C12H17NOS/c1-2-14-11-6-4-3-5-10(11)12-9-13-7-8-15-12/h3-6,12-13H,2,7-9H2,1H3. The molecule has 1 heterocycles. The number of thioether (sulfide) groups is 1. The van der Waals surface area contributed by atoms with Crippen LogP contribution in [0.1, 0.15) is 17.7 Å². The minimum Gasteiger partial charge on any atom is -0.494 e. The van der Waals surface area contributed by atoms with Gasteiger partial charge in [-0.2, -0.15) is 11.8 Å². The van der Waals surface area contributed by atoms with E-state index in [1.54, 1.807) is 0 Å². The molecule has 0 radical (unpaired) electrons. The van der Waals surface area contributed by atoms with Gasteiger partial charge in [-0.25, -0.2) is 0 Å². The van der Waals surface area contributed by atoms with Crippen molar-refractivity contribution < 1.29 is 4.74 Å². The van der Waals surface area contributed by atoms with Crippen LogP contribution in [0.4, 0.5) is 0 Å². The number of rotatable bonds is 3. The molecule has 15 heavy (non-hydrogen) atoms. The lowest BCUT2D eigenvalue weighted by Gasteiger charge is -2.24. The highest BCUT2D eigenvalue weighted by molar-refractivity contribution is 7.99. The minimum absolute atomic E-state index is 0.543. The number of nitrogens with one attached hydrogen (secondary N) is 1. The van der Waals surface area contributed by atoms with Crippen molar-refractivity contribution in [3.05, 3.63) is 29.8 Å². The Kier molecular flexibility index (Phi) is 3.92. The summed E-state index contributed by atoms with van der Waals surface area (Å²) in [4.78, 5) is 0. The van der Waals surface area contributed by atoms with Crippen molar-refractivity contribution >= 4 is 11.8 Å². The third-order valence-corrected chi connectivity index (χ3v) is 3.76. The van der Waals surface area contributed by atoms with Crippen molar-refractivity contribution in [3.8, 4) is 5.75 Å². The maximum Gasteiger partial charge on any atom is 0.123 e. The lowest BCUT2D eigenvalue weighted by Crippen LogP contribution is -2.28. The Balaban J connectivity index is 2.17. The minimum atomic E-state index is 0.543. The van der Waals surface area contributed by atoms with Crippen molar-refractivity contribution in [2.45, 2.75) is 12.2 Å². The maximum absolute atomic E-state index is 5.65. The fraction of sp³-hybridized carbons (Fsp3) is 0.500. The molecule has 0 aliphatic carbocycles. The van der Waals surface area contributed by atoms with Gasteiger partial charge in [0.1, 0.15) is 5.75 Å². The third kappa shape index (κ3) is 2.67. The molecule has 0 spiro atoms. The fourth-order valence-electron chi connectivity index (χ4n) is 1.80. The van der Waals surface area contributed by atoms with Crippen LogP contribution in [0.5, 0.6) is 5.75 Å². The highest BCUT2D eigenvalue weighted by Gasteiger charge is 2.18. The highest BCUT2D eigenvalue weighted by Crippen LogP contribution is 2.35. The molecule has 2 nitrogen and oxygen atoms in total. The first-order valence-corrected chi connectivity index (χ1v) is 6.50. The molecule has 0 bridgehead atoms. The van der Waals surface area contributed by atoms with Crippen molar-refractivity contribution in [2.24, 2.45) is 0 Å². The van der Waals surface area contributed by atoms with Crippen molar-refractivity contribution in [3.63, 3.8) is 0 Å². The molecule has 2 rings (SSSR count). The van der Waals surface area contributed by atoms with E-state index in [4.69, 9.17) is 4.74 Å². The second kappa shape index (κ2) is 5.42. The van der Waals surface area contributed by atoms with Crippen LogP contribution in [0.2, 0.25) is 0 Å². The van der Waals surface area contributed by atoms with Gasteiger partial charge >= 0.3 is 0 Å². The zero-order valence-electron chi connectivity index (χ0n) is 9.03. The molecular formula is C12H17NOS. The van der Waals surface area contributed by atoms with Crippen LogP contribution in [-0.4, -0.2) is 25.4 Å². The van der Waals surface area contributed by atoms with Gasteiger partial charge in [0.2, 0.25) is 0 Å². The monoisotopic (exact) mass is 223 g/mol. The van der Waals surface area contributed by atoms with E-state index in [1.165, 1.54) is 11.3 Å². The second-order valence-electron chi connectivity index (χ2n) is 3.53. The molecule has 82 valence electrons. The Bertz CT molecular complexity index is 310. The predicted molar refractivity (Wildman–Crippen MR) is 65.7 cm³/mol. The lowest BCUT2D eigenvalue weighted by molar-refractivity contribution is 0.336. The van der Waals surface area contributed by atoms with Crippen LogP contribution < -0.4 is 10.1 Å². The summed E-state index contributed by atoms with van der Waals surface area (Å²) < 4.78 is 5.65. The van der Waals surface area contributed by atoms with E-state index in [0.29, 0.717) is 5.25 Å². The lowest BCUT2D eigenvalue weighted by atomic mass is 10.1. The van der Waals surface area contributed by atoms with Gasteiger partial charge in [-0.15, -0.1) is 0 Å². The zero-order chi connectivity index (χ0) is 10.5. The summed E-state index contributed by atoms with van der Waals surface area (Å²) >= 11 is 2.01. The zero-order valence-corrected chi connectivity index (χ0v) is 9.85. The molecule has 1 N–H and O–H groups in total. The van der Waals surface area contributed by atoms with E-state index in [0.717, 1.165) is 25.4 Å². The summed E-state index contributed by atoms with van der Waals surface area (Å²) in [5, 5.41) is 3.97. The molecule has 0 aromatic heterocycles. The summed E-state index contributed by atoms with van der Waals surface area (Å²) in [5.41, 5.74) is 1.33. The first kappa shape index (κ1) is 10.8. The summed E-state index contributed by atoms with van der Waals surface area (Å²) in [6.07, 6.45) is 0. The molecule has 3 heteroatoms. The van der Waals surface area contributed by atoms with Gasteiger partial charge in [0, 0.05) is 29.7 Å². The number of hydrogen-bond donors (Lipinski definition) is 1. The SMILES string of the molecule is CCOc1ccccc1C1CNCCS1. The van der Waals surface area contributed by atoms with E-state index < -0.39 is 0 Å². The Morgan fingerprint density at radius 3 is 3.07 bits per heavy atom. The van der Waals surface area contributed by atoms with Gasteiger partial charge in [0.05, 0.1) is 6.61 Å². The Labute approximate surface area is 95.4 Å². The van der Waals surface area contributed by atoms with Crippen LogP contribution in [0.3, 0.4) is 0 Å². The Hall–Kier alpha value is -0.670. The third-order valence-electron chi connectivity index (χ3n) is 2.49. The van der Waals surface area contributed by atoms with E-state index in [-0.39, 0.29) is 0 Å². The molecule has 1 saturated heterocycles. The number of hydrogen-bond acceptors (Lipinski definition) is 3. The first-order chi connectivity index (χ1) is 7.42. The van der Waals surface area contributed by atoms with Gasteiger partial charge in [-0.05, 0) is 13.0 Å². The normalized spacial score (nSPS) is 21.3. The van der Waals surface area contributed by atoms with E-state index in [9.17, 15) is 0 Å². The number of para-hydroxylation sites is 1. The van der Waals surface area contributed by atoms with Crippen LogP contribution in [-0.2, 0) is 0 Å². The van der Waals surface area contributed by atoms with Crippen LogP contribution in [0.25, 0.3) is 0 Å². The molecule has 0 saturated carbocycles. The summed E-state index contributed by atoms with van der Waals surface area (Å²) in [5.74, 6) is 2.23. The molecule has 0 amide bonds. The van der Waals surface area contributed by atoms with Crippen LogP contribution in [0, 0.1) is 0 Å². The summed E-state index contributed by atoms with van der Waals surface area (Å²) in [7, 11) is 0. The largest absolute Gasteiger partial charge is 0.494 e. The fourth-order valence-corrected chi connectivity index (χ4v) is 2.96. The maximum atomic E-state index is 5.65. The molecule has 1 aliphatic heterocycles. The highest BCUT2D eigenvalue weighted by atomic mass is 32.2. The quantitative estimate of drug-likeness (QED) is 0.850. The van der Waals surface area contributed by atoms with Gasteiger partial charge in [0.15, 0.2) is 0 Å². The Morgan fingerprint density at radius 2 is 2.33 bits per heavy atom. The van der Waals surface area contributed by atoms with E-state index >= 15 is 0 Å². The second-order valence-corrected chi connectivity index (χ2v) is 4.85. The van der Waals surface area contributed by atoms with Gasteiger partial charge < -0.3 is 10.1 Å². The molecule has 1 atom stereocenters.